The Kier molecular flexibility index (Phi) is 6.49. The standard InChI is InChI=1S/C20H23N5OS.ClH/c1-13-11-22-25(17-8-4-6-14-5-2-3-7-15(14)17)19(13)24-20(26)16-12-27-18(23-16)9-10-21;/h2-3,5,7,11-12,17H,4,6,8-10,21H2,1H3,(H,24,26);1H. The topological polar surface area (TPSA) is 85.8 Å². The Labute approximate surface area is 174 Å². The number of fused-ring (bicyclic) bond motifs is 1. The summed E-state index contributed by atoms with van der Waals surface area (Å²) in [5.41, 5.74) is 9.61. The highest BCUT2D eigenvalue weighted by Gasteiger charge is 2.25. The average molecular weight is 418 g/mol. The first-order valence-electron chi connectivity index (χ1n) is 9.25. The Balaban J connectivity index is 0.00000225. The summed E-state index contributed by atoms with van der Waals surface area (Å²) in [6.07, 6.45) is 5.72. The number of thiazole rings is 1. The van der Waals surface area contributed by atoms with E-state index in [1.165, 1.54) is 22.5 Å². The van der Waals surface area contributed by atoms with Crippen molar-refractivity contribution in [2.45, 2.75) is 38.6 Å². The van der Waals surface area contributed by atoms with Crippen molar-refractivity contribution in [3.05, 3.63) is 63.2 Å². The van der Waals surface area contributed by atoms with Gasteiger partial charge in [-0.25, -0.2) is 9.67 Å². The van der Waals surface area contributed by atoms with Gasteiger partial charge in [-0.05, 0) is 43.9 Å². The quantitative estimate of drug-likeness (QED) is 0.661. The maximum Gasteiger partial charge on any atom is 0.276 e. The van der Waals surface area contributed by atoms with Crippen LogP contribution in [0.25, 0.3) is 0 Å². The van der Waals surface area contributed by atoms with Crippen LogP contribution in [0.15, 0.2) is 35.8 Å². The third-order valence-corrected chi connectivity index (χ3v) is 5.89. The van der Waals surface area contributed by atoms with Gasteiger partial charge in [0.25, 0.3) is 5.91 Å². The van der Waals surface area contributed by atoms with Gasteiger partial charge in [0.15, 0.2) is 0 Å². The van der Waals surface area contributed by atoms with Gasteiger partial charge in [-0.15, -0.1) is 23.7 Å². The predicted octanol–water partition coefficient (Wildman–Crippen LogP) is 3.75. The van der Waals surface area contributed by atoms with Crippen LogP contribution in [0.3, 0.4) is 0 Å². The molecule has 0 radical (unpaired) electrons. The molecule has 2 aromatic heterocycles. The van der Waals surface area contributed by atoms with Crippen LogP contribution in [0.5, 0.6) is 0 Å². The molecule has 3 N–H and O–H groups in total. The van der Waals surface area contributed by atoms with Gasteiger partial charge < -0.3 is 11.1 Å². The third-order valence-electron chi connectivity index (χ3n) is 4.99. The molecule has 2 heterocycles. The van der Waals surface area contributed by atoms with E-state index in [9.17, 15) is 4.79 Å². The lowest BCUT2D eigenvalue weighted by Gasteiger charge is -2.27. The van der Waals surface area contributed by atoms with Crippen molar-refractivity contribution in [1.82, 2.24) is 14.8 Å². The van der Waals surface area contributed by atoms with E-state index in [4.69, 9.17) is 5.73 Å². The fourth-order valence-corrected chi connectivity index (χ4v) is 4.44. The average Bonchev–Trinajstić information content (AvgIpc) is 3.29. The summed E-state index contributed by atoms with van der Waals surface area (Å²) in [5.74, 6) is 0.540. The van der Waals surface area contributed by atoms with Gasteiger partial charge in [0.1, 0.15) is 11.5 Å². The van der Waals surface area contributed by atoms with E-state index in [1.807, 2.05) is 17.8 Å². The minimum absolute atomic E-state index is 0. The zero-order valence-electron chi connectivity index (χ0n) is 15.7. The van der Waals surface area contributed by atoms with Crippen molar-refractivity contribution >= 4 is 35.5 Å². The van der Waals surface area contributed by atoms with Crippen molar-refractivity contribution in [3.8, 4) is 0 Å². The molecule has 1 aromatic carbocycles. The smallest absolute Gasteiger partial charge is 0.276 e. The van der Waals surface area contributed by atoms with E-state index in [0.717, 1.165) is 35.7 Å². The minimum Gasteiger partial charge on any atom is -0.330 e. The van der Waals surface area contributed by atoms with Crippen molar-refractivity contribution < 1.29 is 4.79 Å². The molecule has 1 amide bonds. The number of carbonyl (C=O) groups is 1. The number of amides is 1. The fourth-order valence-electron chi connectivity index (χ4n) is 3.65. The predicted molar refractivity (Wildman–Crippen MR) is 115 cm³/mol. The van der Waals surface area contributed by atoms with Gasteiger partial charge in [0, 0.05) is 17.4 Å². The number of hydrogen-bond acceptors (Lipinski definition) is 5. The first-order valence-corrected chi connectivity index (χ1v) is 10.1. The Bertz CT molecular complexity index is 967. The van der Waals surface area contributed by atoms with E-state index in [-0.39, 0.29) is 24.4 Å². The monoisotopic (exact) mass is 417 g/mol. The van der Waals surface area contributed by atoms with Crippen LogP contribution in [0.2, 0.25) is 0 Å². The second-order valence-electron chi connectivity index (χ2n) is 6.85. The first kappa shape index (κ1) is 20.5. The van der Waals surface area contributed by atoms with Crippen molar-refractivity contribution in [1.29, 1.82) is 0 Å². The minimum atomic E-state index is -0.205. The number of hydrogen-bond donors (Lipinski definition) is 2. The molecule has 0 aliphatic heterocycles. The zero-order chi connectivity index (χ0) is 18.8. The number of anilines is 1. The Morgan fingerprint density at radius 1 is 1.39 bits per heavy atom. The van der Waals surface area contributed by atoms with E-state index in [0.29, 0.717) is 18.7 Å². The summed E-state index contributed by atoms with van der Waals surface area (Å²) in [7, 11) is 0. The van der Waals surface area contributed by atoms with Crippen molar-refractivity contribution in [3.63, 3.8) is 0 Å². The van der Waals surface area contributed by atoms with Crippen LogP contribution in [0, 0.1) is 6.92 Å². The number of rotatable bonds is 5. The van der Waals surface area contributed by atoms with E-state index in [2.05, 4.69) is 39.7 Å². The summed E-state index contributed by atoms with van der Waals surface area (Å²) >= 11 is 1.47. The molecule has 0 saturated heterocycles. The molecule has 1 aliphatic rings. The molecule has 6 nitrogen and oxygen atoms in total. The maximum absolute atomic E-state index is 12.7. The molecule has 28 heavy (non-hydrogen) atoms. The van der Waals surface area contributed by atoms with Gasteiger partial charge >= 0.3 is 0 Å². The van der Waals surface area contributed by atoms with E-state index >= 15 is 0 Å². The number of halogens is 1. The molecule has 1 atom stereocenters. The third kappa shape index (κ3) is 3.97. The molecular weight excluding hydrogens is 394 g/mol. The largest absolute Gasteiger partial charge is 0.330 e. The summed E-state index contributed by atoms with van der Waals surface area (Å²) < 4.78 is 1.96. The highest BCUT2D eigenvalue weighted by Crippen LogP contribution is 2.35. The number of benzene rings is 1. The van der Waals surface area contributed by atoms with Gasteiger partial charge in [0.2, 0.25) is 0 Å². The second kappa shape index (κ2) is 8.86. The molecule has 0 saturated carbocycles. The van der Waals surface area contributed by atoms with Crippen molar-refractivity contribution in [2.24, 2.45) is 5.73 Å². The van der Waals surface area contributed by atoms with Gasteiger partial charge in [-0.3, -0.25) is 4.79 Å². The van der Waals surface area contributed by atoms with Gasteiger partial charge in [0.05, 0.1) is 17.2 Å². The number of nitrogens with two attached hydrogens (primary N) is 1. The Morgan fingerprint density at radius 2 is 2.21 bits per heavy atom. The summed E-state index contributed by atoms with van der Waals surface area (Å²) in [5, 5.41) is 10.3. The van der Waals surface area contributed by atoms with Crippen LogP contribution in [-0.4, -0.2) is 27.2 Å². The number of aromatic nitrogens is 3. The SMILES string of the molecule is Cc1cnn(C2CCCc3ccccc32)c1NC(=O)c1csc(CCN)n1.Cl. The normalized spacial score (nSPS) is 15.6. The second-order valence-corrected chi connectivity index (χ2v) is 7.79. The molecule has 0 spiro atoms. The Hall–Kier alpha value is -2.22. The molecule has 1 aliphatic carbocycles. The van der Waals surface area contributed by atoms with E-state index < -0.39 is 0 Å². The van der Waals surface area contributed by atoms with E-state index in [1.54, 1.807) is 5.38 Å². The van der Waals surface area contributed by atoms with Gasteiger partial charge in [-0.2, -0.15) is 5.10 Å². The molecule has 4 rings (SSSR count). The fraction of sp³-hybridized carbons (Fsp3) is 0.350. The molecular formula is C20H24ClN5OS. The first-order chi connectivity index (χ1) is 13.2. The van der Waals surface area contributed by atoms with Crippen LogP contribution in [0.4, 0.5) is 5.82 Å². The van der Waals surface area contributed by atoms with Gasteiger partial charge in [-0.1, -0.05) is 24.3 Å². The molecule has 148 valence electrons. The number of aryl methyl sites for hydroxylation is 2. The molecule has 8 heteroatoms. The van der Waals surface area contributed by atoms with Crippen molar-refractivity contribution in [2.75, 3.05) is 11.9 Å². The van der Waals surface area contributed by atoms with Crippen LogP contribution >= 0.6 is 23.7 Å². The van der Waals surface area contributed by atoms with Crippen LogP contribution in [0.1, 0.15) is 51.1 Å². The molecule has 0 fully saturated rings. The highest BCUT2D eigenvalue weighted by atomic mass is 35.5. The number of nitrogens with zero attached hydrogens (tertiary/aromatic N) is 3. The van der Waals surface area contributed by atoms with Crippen LogP contribution < -0.4 is 11.1 Å². The zero-order valence-corrected chi connectivity index (χ0v) is 17.4. The summed E-state index contributed by atoms with van der Waals surface area (Å²) in [4.78, 5) is 17.1. The molecule has 3 aromatic rings. The summed E-state index contributed by atoms with van der Waals surface area (Å²) in [6, 6.07) is 8.65. The lowest BCUT2D eigenvalue weighted by molar-refractivity contribution is 0.102. The van der Waals surface area contributed by atoms with Crippen LogP contribution in [-0.2, 0) is 12.8 Å². The number of carbonyl (C=O) groups excluding carboxylic acids is 1. The maximum atomic E-state index is 12.7. The molecule has 1 unspecified atom stereocenters. The Morgan fingerprint density at radius 3 is 3.04 bits per heavy atom. The highest BCUT2D eigenvalue weighted by molar-refractivity contribution is 7.09. The molecule has 0 bridgehead atoms. The summed E-state index contributed by atoms with van der Waals surface area (Å²) in [6.45, 7) is 2.50. The number of nitrogens with one attached hydrogen (secondary N) is 1. The lowest BCUT2D eigenvalue weighted by atomic mass is 9.88. The lowest BCUT2D eigenvalue weighted by Crippen LogP contribution is -2.23.